The van der Waals surface area contributed by atoms with Crippen molar-refractivity contribution in [3.05, 3.63) is 71.3 Å². The molecule has 1 atom stereocenters. The van der Waals surface area contributed by atoms with Crippen LogP contribution in [0.25, 0.3) is 0 Å². The summed E-state index contributed by atoms with van der Waals surface area (Å²) in [7, 11) is 5.76. The first-order chi connectivity index (χ1) is 14.4. The Kier molecular flexibility index (Phi) is 9.35. The summed E-state index contributed by atoms with van der Waals surface area (Å²) < 4.78 is 0. The highest BCUT2D eigenvalue weighted by Crippen LogP contribution is 2.18. The van der Waals surface area contributed by atoms with E-state index >= 15 is 0 Å². The third-order valence-electron chi connectivity index (χ3n) is 5.13. The molecule has 0 saturated carbocycles. The molecule has 0 aliphatic heterocycles. The van der Waals surface area contributed by atoms with Gasteiger partial charge in [0, 0.05) is 33.1 Å². The van der Waals surface area contributed by atoms with E-state index in [1.165, 1.54) is 11.1 Å². The zero-order valence-corrected chi connectivity index (χ0v) is 18.5. The molecular formula is C24H34N4O2. The lowest BCUT2D eigenvalue weighted by Gasteiger charge is -2.25. The van der Waals surface area contributed by atoms with Gasteiger partial charge in [0.05, 0.1) is 6.04 Å². The van der Waals surface area contributed by atoms with Gasteiger partial charge in [0.15, 0.2) is 0 Å². The average Bonchev–Trinajstić information content (AvgIpc) is 2.74. The summed E-state index contributed by atoms with van der Waals surface area (Å²) in [6.45, 7) is 3.50. The molecule has 0 radical (unpaired) electrons. The molecule has 2 aromatic rings. The number of amides is 3. The number of carbonyl (C=O) groups excluding carboxylic acids is 2. The Hall–Kier alpha value is -2.86. The zero-order chi connectivity index (χ0) is 21.9. The molecule has 0 heterocycles. The molecule has 0 aliphatic carbocycles. The minimum Gasteiger partial charge on any atom is -0.354 e. The molecule has 0 fully saturated rings. The Morgan fingerprint density at radius 3 is 2.17 bits per heavy atom. The predicted octanol–water partition coefficient (Wildman–Crippen LogP) is 3.20. The van der Waals surface area contributed by atoms with Crippen molar-refractivity contribution >= 4 is 11.9 Å². The number of nitrogens with zero attached hydrogens (tertiary/aromatic N) is 2. The molecule has 162 valence electrons. The van der Waals surface area contributed by atoms with Crippen LogP contribution in [0.1, 0.15) is 36.1 Å². The number of rotatable bonds is 10. The first kappa shape index (κ1) is 23.4. The van der Waals surface area contributed by atoms with Crippen molar-refractivity contribution in [3.63, 3.8) is 0 Å². The van der Waals surface area contributed by atoms with Crippen LogP contribution >= 0.6 is 0 Å². The number of nitrogens with one attached hydrogen (secondary N) is 2. The number of carbonyl (C=O) groups is 2. The third kappa shape index (κ3) is 7.52. The second-order valence-corrected chi connectivity index (χ2v) is 7.70. The van der Waals surface area contributed by atoms with Gasteiger partial charge in [-0.3, -0.25) is 4.79 Å². The Morgan fingerprint density at radius 1 is 0.900 bits per heavy atom. The Morgan fingerprint density at radius 2 is 1.57 bits per heavy atom. The highest BCUT2D eigenvalue weighted by molar-refractivity contribution is 5.78. The summed E-state index contributed by atoms with van der Waals surface area (Å²) >= 11 is 0. The van der Waals surface area contributed by atoms with Gasteiger partial charge in [0.1, 0.15) is 0 Å². The number of hydrogen-bond donors (Lipinski definition) is 2. The number of urea groups is 1. The highest BCUT2D eigenvalue weighted by Gasteiger charge is 2.15. The van der Waals surface area contributed by atoms with E-state index in [-0.39, 0.29) is 24.4 Å². The van der Waals surface area contributed by atoms with Crippen molar-refractivity contribution in [1.29, 1.82) is 0 Å². The van der Waals surface area contributed by atoms with E-state index in [4.69, 9.17) is 0 Å². The van der Waals surface area contributed by atoms with Gasteiger partial charge in [0.2, 0.25) is 5.91 Å². The minimum absolute atomic E-state index is 0.0713. The van der Waals surface area contributed by atoms with Gasteiger partial charge < -0.3 is 20.4 Å². The van der Waals surface area contributed by atoms with E-state index in [1.54, 1.807) is 11.9 Å². The van der Waals surface area contributed by atoms with Crippen molar-refractivity contribution < 1.29 is 9.59 Å². The average molecular weight is 411 g/mol. The van der Waals surface area contributed by atoms with Crippen molar-refractivity contribution in [3.8, 4) is 0 Å². The molecular weight excluding hydrogens is 376 g/mol. The smallest absolute Gasteiger partial charge is 0.317 e. The number of benzene rings is 2. The molecule has 6 nitrogen and oxygen atoms in total. The van der Waals surface area contributed by atoms with Crippen LogP contribution in [0.3, 0.4) is 0 Å². The summed E-state index contributed by atoms with van der Waals surface area (Å²) in [6.07, 6.45) is 1.26. The van der Waals surface area contributed by atoms with E-state index in [1.807, 2.05) is 44.4 Å². The predicted molar refractivity (Wildman–Crippen MR) is 121 cm³/mol. The van der Waals surface area contributed by atoms with E-state index in [0.717, 1.165) is 12.0 Å². The maximum absolute atomic E-state index is 12.2. The number of aryl methyl sites for hydroxylation is 1. The van der Waals surface area contributed by atoms with Crippen LogP contribution < -0.4 is 10.6 Å². The van der Waals surface area contributed by atoms with Crippen LogP contribution in [0.2, 0.25) is 0 Å². The van der Waals surface area contributed by atoms with Crippen molar-refractivity contribution in [2.45, 2.75) is 32.4 Å². The van der Waals surface area contributed by atoms with Gasteiger partial charge in [-0.05, 0) is 37.2 Å². The van der Waals surface area contributed by atoms with Crippen LogP contribution in [-0.2, 0) is 17.8 Å². The molecule has 2 rings (SSSR count). The summed E-state index contributed by atoms with van der Waals surface area (Å²) in [5.74, 6) is -0.0713. The van der Waals surface area contributed by atoms with Gasteiger partial charge >= 0.3 is 6.03 Å². The second kappa shape index (κ2) is 12.0. The molecule has 0 saturated heterocycles. The van der Waals surface area contributed by atoms with E-state index in [0.29, 0.717) is 19.6 Å². The number of hydrogen-bond acceptors (Lipinski definition) is 3. The van der Waals surface area contributed by atoms with Crippen LogP contribution in [0, 0.1) is 0 Å². The third-order valence-corrected chi connectivity index (χ3v) is 5.13. The van der Waals surface area contributed by atoms with E-state index in [9.17, 15) is 9.59 Å². The first-order valence-corrected chi connectivity index (χ1v) is 10.5. The minimum atomic E-state index is -0.186. The quantitative estimate of drug-likeness (QED) is 0.632. The van der Waals surface area contributed by atoms with Gasteiger partial charge in [-0.1, -0.05) is 61.5 Å². The topological polar surface area (TPSA) is 64.7 Å². The fourth-order valence-corrected chi connectivity index (χ4v) is 3.22. The molecule has 2 aromatic carbocycles. The lowest BCUT2D eigenvalue weighted by atomic mass is 10.0. The molecule has 1 unspecified atom stereocenters. The normalized spacial score (nSPS) is 11.8. The van der Waals surface area contributed by atoms with Gasteiger partial charge in [0.25, 0.3) is 0 Å². The molecule has 0 spiro atoms. The zero-order valence-electron chi connectivity index (χ0n) is 18.5. The molecule has 2 N–H and O–H groups in total. The fraction of sp³-hybridized carbons (Fsp3) is 0.417. The lowest BCUT2D eigenvalue weighted by molar-refractivity contribution is -0.121. The highest BCUT2D eigenvalue weighted by atomic mass is 16.2. The molecule has 30 heavy (non-hydrogen) atoms. The molecule has 0 aromatic heterocycles. The summed E-state index contributed by atoms with van der Waals surface area (Å²) in [4.78, 5) is 28.2. The van der Waals surface area contributed by atoms with Crippen LogP contribution in [0.4, 0.5) is 4.79 Å². The summed E-state index contributed by atoms with van der Waals surface area (Å²) in [5, 5.41) is 5.79. The van der Waals surface area contributed by atoms with Gasteiger partial charge in [-0.15, -0.1) is 0 Å². The van der Waals surface area contributed by atoms with Crippen molar-refractivity contribution in [2.75, 3.05) is 34.2 Å². The van der Waals surface area contributed by atoms with Crippen molar-refractivity contribution in [2.24, 2.45) is 0 Å². The second-order valence-electron chi connectivity index (χ2n) is 7.70. The molecule has 0 bridgehead atoms. The fourth-order valence-electron chi connectivity index (χ4n) is 3.22. The summed E-state index contributed by atoms with van der Waals surface area (Å²) in [5.41, 5.74) is 3.54. The standard InChI is InChI=1S/C24H34N4O2/c1-5-19-11-13-21(14-12-19)22(27(2)3)17-26-23(29)15-16-25-24(30)28(4)18-20-9-7-6-8-10-20/h6-14,22H,5,15-18H2,1-4H3,(H,25,30)(H,26,29). The van der Waals surface area contributed by atoms with E-state index < -0.39 is 0 Å². The van der Waals surface area contributed by atoms with E-state index in [2.05, 4.69) is 46.7 Å². The van der Waals surface area contributed by atoms with Crippen LogP contribution in [0.15, 0.2) is 54.6 Å². The monoisotopic (exact) mass is 410 g/mol. The Bertz CT molecular complexity index is 791. The lowest BCUT2D eigenvalue weighted by Crippen LogP contribution is -2.39. The SMILES string of the molecule is CCc1ccc(C(CNC(=O)CCNC(=O)N(C)Cc2ccccc2)N(C)C)cc1. The summed E-state index contributed by atoms with van der Waals surface area (Å²) in [6, 6.07) is 18.2. The van der Waals surface area contributed by atoms with Gasteiger partial charge in [-0.25, -0.2) is 4.79 Å². The largest absolute Gasteiger partial charge is 0.354 e. The first-order valence-electron chi connectivity index (χ1n) is 10.5. The molecule has 6 heteroatoms. The molecule has 3 amide bonds. The van der Waals surface area contributed by atoms with Gasteiger partial charge in [-0.2, -0.15) is 0 Å². The Balaban J connectivity index is 1.74. The van der Waals surface area contributed by atoms with Crippen LogP contribution in [-0.4, -0.2) is 56.0 Å². The van der Waals surface area contributed by atoms with Crippen LogP contribution in [0.5, 0.6) is 0 Å². The maximum Gasteiger partial charge on any atom is 0.317 e. The Labute approximate surface area is 180 Å². The maximum atomic E-state index is 12.2. The number of likely N-dealkylation sites (N-methyl/N-ethyl adjacent to an activating group) is 1. The van der Waals surface area contributed by atoms with Crippen molar-refractivity contribution in [1.82, 2.24) is 20.4 Å². The molecule has 0 aliphatic rings.